The molecule has 0 saturated carbocycles. The molecule has 0 spiro atoms. The Morgan fingerprint density at radius 2 is 1.85 bits per heavy atom. The van der Waals surface area contributed by atoms with Crippen molar-refractivity contribution in [3.05, 3.63) is 72.7 Å². The Balaban J connectivity index is 1.55. The van der Waals surface area contributed by atoms with Gasteiger partial charge in [0.05, 0.1) is 37.8 Å². The zero-order chi connectivity index (χ0) is 24.1. The van der Waals surface area contributed by atoms with Crippen LogP contribution in [0.3, 0.4) is 0 Å². The van der Waals surface area contributed by atoms with Gasteiger partial charge in [0, 0.05) is 6.92 Å². The molecule has 1 atom stereocenters. The van der Waals surface area contributed by atoms with E-state index in [0.29, 0.717) is 28.6 Å². The van der Waals surface area contributed by atoms with Gasteiger partial charge in [0.15, 0.2) is 6.10 Å². The summed E-state index contributed by atoms with van der Waals surface area (Å²) in [5, 5.41) is 2.78. The van der Waals surface area contributed by atoms with Crippen molar-refractivity contribution in [3.8, 4) is 11.5 Å². The molecule has 0 radical (unpaired) electrons. The van der Waals surface area contributed by atoms with Gasteiger partial charge in [0.25, 0.3) is 5.91 Å². The smallest absolute Gasteiger partial charge is 0.266 e. The lowest BCUT2D eigenvalue weighted by atomic mass is 10.1. The van der Waals surface area contributed by atoms with Crippen molar-refractivity contribution in [1.29, 1.82) is 0 Å². The van der Waals surface area contributed by atoms with Crippen LogP contribution in [-0.4, -0.2) is 48.9 Å². The molecule has 0 saturated heterocycles. The largest absolute Gasteiger partial charge is 0.495 e. The number of methoxy groups -OCH3 is 1. The normalized spacial score (nSPS) is 14.5. The molecular weight excluding hydrogens is 438 g/mol. The highest BCUT2D eigenvalue weighted by atomic mass is 16.5. The molecule has 0 fully saturated rings. The summed E-state index contributed by atoms with van der Waals surface area (Å²) in [4.78, 5) is 41.5. The SMILES string of the molecule is COc1ccccc1NC(=O)CN(Cc1ccco1)C(=O)C1CN(C(C)=O)c2ccccc2O1. The second kappa shape index (κ2) is 10.1. The minimum Gasteiger partial charge on any atom is -0.495 e. The Morgan fingerprint density at radius 1 is 1.09 bits per heavy atom. The summed E-state index contributed by atoms with van der Waals surface area (Å²) in [6.07, 6.45) is 0.519. The lowest BCUT2D eigenvalue weighted by molar-refractivity contribution is -0.142. The number of ether oxygens (including phenoxy) is 2. The zero-order valence-electron chi connectivity index (χ0n) is 18.9. The van der Waals surface area contributed by atoms with E-state index < -0.39 is 17.9 Å². The molecule has 3 amide bonds. The number of furan rings is 1. The van der Waals surface area contributed by atoms with Crippen molar-refractivity contribution in [1.82, 2.24) is 4.90 Å². The van der Waals surface area contributed by atoms with Gasteiger partial charge in [0.2, 0.25) is 11.8 Å². The standard InChI is InChI=1S/C25H25N3O6/c1-17(29)28-15-23(34-22-12-6-4-10-20(22)28)25(31)27(14-18-8-7-13-33-18)16-24(30)26-19-9-3-5-11-21(19)32-2/h3-13,23H,14-16H2,1-2H3,(H,26,30). The number of fused-ring (bicyclic) bond motifs is 1. The fourth-order valence-corrected chi connectivity index (χ4v) is 3.78. The number of anilines is 2. The molecule has 176 valence electrons. The average Bonchev–Trinajstić information content (AvgIpc) is 3.36. The molecule has 1 unspecified atom stereocenters. The minimum absolute atomic E-state index is 0.0357. The number of nitrogens with one attached hydrogen (secondary N) is 1. The number of amides is 3. The predicted octanol–water partition coefficient (Wildman–Crippen LogP) is 3.07. The van der Waals surface area contributed by atoms with Crippen molar-refractivity contribution >= 4 is 29.1 Å². The zero-order valence-corrected chi connectivity index (χ0v) is 18.9. The molecule has 1 aliphatic rings. The van der Waals surface area contributed by atoms with Crippen molar-refractivity contribution < 1.29 is 28.3 Å². The van der Waals surface area contributed by atoms with Crippen molar-refractivity contribution in [2.24, 2.45) is 0 Å². The van der Waals surface area contributed by atoms with Gasteiger partial charge in [-0.15, -0.1) is 0 Å². The van der Waals surface area contributed by atoms with Crippen LogP contribution < -0.4 is 19.7 Å². The maximum atomic E-state index is 13.5. The van der Waals surface area contributed by atoms with E-state index in [4.69, 9.17) is 13.9 Å². The second-order valence-electron chi connectivity index (χ2n) is 7.73. The van der Waals surface area contributed by atoms with Crippen LogP contribution >= 0.6 is 0 Å². The number of carbonyl (C=O) groups excluding carboxylic acids is 3. The van der Waals surface area contributed by atoms with Crippen LogP contribution in [0.2, 0.25) is 0 Å². The number of carbonyl (C=O) groups is 3. The summed E-state index contributed by atoms with van der Waals surface area (Å²) in [5.74, 6) is 0.386. The molecular formula is C25H25N3O6. The molecule has 9 nitrogen and oxygen atoms in total. The molecule has 9 heteroatoms. The van der Waals surface area contributed by atoms with Crippen molar-refractivity contribution in [2.75, 3.05) is 30.4 Å². The first-order chi connectivity index (χ1) is 16.5. The van der Waals surface area contributed by atoms with Gasteiger partial charge in [-0.05, 0) is 36.4 Å². The molecule has 0 bridgehead atoms. The van der Waals surface area contributed by atoms with Crippen LogP contribution in [0.5, 0.6) is 11.5 Å². The molecule has 34 heavy (non-hydrogen) atoms. The highest BCUT2D eigenvalue weighted by Crippen LogP contribution is 2.33. The highest BCUT2D eigenvalue weighted by Gasteiger charge is 2.36. The Kier molecular flexibility index (Phi) is 6.82. The molecule has 2 aromatic carbocycles. The van der Waals surface area contributed by atoms with Gasteiger partial charge in [0.1, 0.15) is 23.8 Å². The summed E-state index contributed by atoms with van der Waals surface area (Å²) in [5.41, 5.74) is 1.09. The summed E-state index contributed by atoms with van der Waals surface area (Å²) < 4.78 is 16.6. The van der Waals surface area contributed by atoms with E-state index in [1.54, 1.807) is 60.7 Å². The van der Waals surface area contributed by atoms with Crippen LogP contribution in [0.25, 0.3) is 0 Å². The highest BCUT2D eigenvalue weighted by molar-refractivity contribution is 5.98. The molecule has 4 rings (SSSR count). The van der Waals surface area contributed by atoms with E-state index in [0.717, 1.165) is 0 Å². The summed E-state index contributed by atoms with van der Waals surface area (Å²) in [6.45, 7) is 1.28. The summed E-state index contributed by atoms with van der Waals surface area (Å²) >= 11 is 0. The monoisotopic (exact) mass is 463 g/mol. The number of para-hydroxylation sites is 4. The Labute approximate surface area is 196 Å². The first kappa shape index (κ1) is 22.9. The fraction of sp³-hybridized carbons (Fsp3) is 0.240. The number of rotatable bonds is 7. The Morgan fingerprint density at radius 3 is 2.59 bits per heavy atom. The van der Waals surface area contributed by atoms with Crippen molar-refractivity contribution in [3.63, 3.8) is 0 Å². The van der Waals surface area contributed by atoms with E-state index >= 15 is 0 Å². The number of hydrogen-bond donors (Lipinski definition) is 1. The van der Waals surface area contributed by atoms with Crippen LogP contribution in [0.4, 0.5) is 11.4 Å². The van der Waals surface area contributed by atoms with E-state index in [1.165, 1.54) is 30.1 Å². The Bertz CT molecular complexity index is 1180. The maximum Gasteiger partial charge on any atom is 0.266 e. The molecule has 1 N–H and O–H groups in total. The Hall–Kier alpha value is -4.27. The first-order valence-electron chi connectivity index (χ1n) is 10.7. The fourth-order valence-electron chi connectivity index (χ4n) is 3.78. The molecule has 1 aromatic heterocycles. The lowest BCUT2D eigenvalue weighted by Crippen LogP contribution is -2.52. The van der Waals surface area contributed by atoms with Crippen LogP contribution in [0.15, 0.2) is 71.3 Å². The van der Waals surface area contributed by atoms with Crippen molar-refractivity contribution in [2.45, 2.75) is 19.6 Å². The van der Waals surface area contributed by atoms with Gasteiger partial charge >= 0.3 is 0 Å². The van der Waals surface area contributed by atoms with Gasteiger partial charge in [-0.3, -0.25) is 14.4 Å². The maximum absolute atomic E-state index is 13.5. The summed E-state index contributed by atoms with van der Waals surface area (Å²) in [7, 11) is 1.51. The first-order valence-corrected chi connectivity index (χ1v) is 10.7. The van der Waals surface area contributed by atoms with E-state index in [1.807, 2.05) is 0 Å². The quantitative estimate of drug-likeness (QED) is 0.578. The van der Waals surface area contributed by atoms with Crippen LogP contribution in [-0.2, 0) is 20.9 Å². The van der Waals surface area contributed by atoms with Crippen LogP contribution in [0.1, 0.15) is 12.7 Å². The van der Waals surface area contributed by atoms with Gasteiger partial charge < -0.3 is 29.0 Å². The third-order valence-corrected chi connectivity index (χ3v) is 5.38. The lowest BCUT2D eigenvalue weighted by Gasteiger charge is -2.35. The second-order valence-corrected chi connectivity index (χ2v) is 7.73. The molecule has 3 aromatic rings. The number of benzene rings is 2. The number of hydrogen-bond acceptors (Lipinski definition) is 6. The third kappa shape index (κ3) is 5.03. The summed E-state index contributed by atoms with van der Waals surface area (Å²) in [6, 6.07) is 17.5. The van der Waals surface area contributed by atoms with E-state index in [-0.39, 0.29) is 25.5 Å². The topological polar surface area (TPSA) is 101 Å². The van der Waals surface area contributed by atoms with E-state index in [2.05, 4.69) is 5.32 Å². The number of nitrogens with zero attached hydrogens (tertiary/aromatic N) is 2. The van der Waals surface area contributed by atoms with Crippen LogP contribution in [0, 0.1) is 0 Å². The van der Waals surface area contributed by atoms with Gasteiger partial charge in [-0.1, -0.05) is 24.3 Å². The molecule has 0 aliphatic carbocycles. The predicted molar refractivity (Wildman–Crippen MR) is 125 cm³/mol. The average molecular weight is 463 g/mol. The molecule has 2 heterocycles. The van der Waals surface area contributed by atoms with Gasteiger partial charge in [-0.2, -0.15) is 0 Å². The third-order valence-electron chi connectivity index (χ3n) is 5.38. The van der Waals surface area contributed by atoms with E-state index in [9.17, 15) is 14.4 Å². The molecule has 1 aliphatic heterocycles. The van der Waals surface area contributed by atoms with Gasteiger partial charge in [-0.25, -0.2) is 0 Å². The minimum atomic E-state index is -0.979.